The molecule has 0 aromatic heterocycles. The Morgan fingerprint density at radius 3 is 2.70 bits per heavy atom. The lowest BCUT2D eigenvalue weighted by molar-refractivity contribution is -0.184. The summed E-state index contributed by atoms with van der Waals surface area (Å²) >= 11 is 0. The highest BCUT2D eigenvalue weighted by atomic mass is 16.7. The minimum atomic E-state index is -0.689. The summed E-state index contributed by atoms with van der Waals surface area (Å²) < 4.78 is 15.3. The van der Waals surface area contributed by atoms with Crippen LogP contribution in [0.1, 0.15) is 33.1 Å². The summed E-state index contributed by atoms with van der Waals surface area (Å²) in [6.07, 6.45) is 0.223. The van der Waals surface area contributed by atoms with Crippen LogP contribution in [0.15, 0.2) is 12.7 Å². The molecule has 0 aliphatic heterocycles. The molecule has 0 heterocycles. The molecule has 1 aliphatic carbocycles. The van der Waals surface area contributed by atoms with Crippen LogP contribution in [0.4, 0.5) is 0 Å². The Morgan fingerprint density at radius 2 is 2.10 bits per heavy atom. The van der Waals surface area contributed by atoms with Gasteiger partial charge in [0, 0.05) is 19.1 Å². The zero-order valence-electron chi connectivity index (χ0n) is 11.9. The number of hydrogen-bond donors (Lipinski definition) is 1. The Bertz CT molecular complexity index is 354. The molecule has 0 bridgehead atoms. The zero-order valence-corrected chi connectivity index (χ0v) is 11.9. The summed E-state index contributed by atoms with van der Waals surface area (Å²) in [7, 11) is 0. The van der Waals surface area contributed by atoms with Gasteiger partial charge in [0.05, 0.1) is 12.0 Å². The Labute approximate surface area is 118 Å². The maximum Gasteiger partial charge on any atom is 0.330 e. The first kappa shape index (κ1) is 16.7. The SMILES string of the molecule is C=CC(=O)OC1CC(O)CC(C(=O)OC(C)OCC)C1. The van der Waals surface area contributed by atoms with Gasteiger partial charge in [-0.05, 0) is 26.7 Å². The normalized spacial score (nSPS) is 27.4. The maximum absolute atomic E-state index is 12.0. The van der Waals surface area contributed by atoms with Crippen LogP contribution in [0.2, 0.25) is 0 Å². The third-order valence-corrected chi connectivity index (χ3v) is 3.11. The standard InChI is InChI=1S/C14H22O6/c1-4-13(16)20-12-7-10(6-11(15)8-12)14(17)19-9(3)18-5-2/h4,9-12,15H,1,5-8H2,2-3H3. The fourth-order valence-electron chi connectivity index (χ4n) is 2.27. The smallest absolute Gasteiger partial charge is 0.330 e. The lowest BCUT2D eigenvalue weighted by Gasteiger charge is -2.31. The number of ether oxygens (including phenoxy) is 3. The topological polar surface area (TPSA) is 82.1 Å². The molecule has 6 heteroatoms. The van der Waals surface area contributed by atoms with E-state index in [1.807, 2.05) is 0 Å². The zero-order chi connectivity index (χ0) is 15.1. The van der Waals surface area contributed by atoms with E-state index in [1.54, 1.807) is 13.8 Å². The molecule has 0 saturated heterocycles. The Hall–Kier alpha value is -1.40. The molecule has 20 heavy (non-hydrogen) atoms. The van der Waals surface area contributed by atoms with E-state index in [0.717, 1.165) is 6.08 Å². The van der Waals surface area contributed by atoms with Gasteiger partial charge in [0.2, 0.25) is 0 Å². The molecule has 0 spiro atoms. The maximum atomic E-state index is 12.0. The summed E-state index contributed by atoms with van der Waals surface area (Å²) in [5, 5.41) is 9.77. The first-order valence-corrected chi connectivity index (χ1v) is 6.79. The molecule has 1 saturated carbocycles. The molecule has 6 nitrogen and oxygen atoms in total. The number of esters is 2. The third kappa shape index (κ3) is 5.30. The van der Waals surface area contributed by atoms with E-state index >= 15 is 0 Å². The van der Waals surface area contributed by atoms with Gasteiger partial charge in [-0.25, -0.2) is 4.79 Å². The number of carbonyl (C=O) groups excluding carboxylic acids is 2. The Kier molecular flexibility index (Phi) is 6.67. The van der Waals surface area contributed by atoms with Crippen LogP contribution in [-0.2, 0) is 23.8 Å². The number of rotatable bonds is 6. The molecule has 1 rings (SSSR count). The van der Waals surface area contributed by atoms with Crippen LogP contribution in [0.25, 0.3) is 0 Å². The van der Waals surface area contributed by atoms with E-state index in [1.165, 1.54) is 0 Å². The first-order chi connectivity index (χ1) is 9.46. The molecule has 1 fully saturated rings. The second kappa shape index (κ2) is 8.01. The van der Waals surface area contributed by atoms with Crippen LogP contribution in [0.3, 0.4) is 0 Å². The van der Waals surface area contributed by atoms with Crippen LogP contribution in [0, 0.1) is 5.92 Å². The highest BCUT2D eigenvalue weighted by molar-refractivity contribution is 5.81. The van der Waals surface area contributed by atoms with Crippen molar-refractivity contribution in [1.82, 2.24) is 0 Å². The molecule has 0 radical (unpaired) electrons. The Morgan fingerprint density at radius 1 is 1.40 bits per heavy atom. The van der Waals surface area contributed by atoms with Crippen molar-refractivity contribution >= 4 is 11.9 Å². The highest BCUT2D eigenvalue weighted by Crippen LogP contribution is 2.28. The summed E-state index contributed by atoms with van der Waals surface area (Å²) in [6, 6.07) is 0. The molecule has 1 N–H and O–H groups in total. The quantitative estimate of drug-likeness (QED) is 0.448. The summed E-state index contributed by atoms with van der Waals surface area (Å²) in [5.74, 6) is -1.49. The van der Waals surface area contributed by atoms with Crippen molar-refractivity contribution in [3.8, 4) is 0 Å². The fourth-order valence-corrected chi connectivity index (χ4v) is 2.27. The van der Waals surface area contributed by atoms with Crippen molar-refractivity contribution in [3.63, 3.8) is 0 Å². The average Bonchev–Trinajstić information content (AvgIpc) is 2.38. The molecule has 0 aromatic rings. The van der Waals surface area contributed by atoms with Crippen LogP contribution in [-0.4, -0.2) is 42.1 Å². The van der Waals surface area contributed by atoms with E-state index in [4.69, 9.17) is 14.2 Å². The van der Waals surface area contributed by atoms with Gasteiger partial charge in [-0.2, -0.15) is 0 Å². The lowest BCUT2D eigenvalue weighted by Crippen LogP contribution is -2.37. The van der Waals surface area contributed by atoms with Gasteiger partial charge in [-0.1, -0.05) is 6.58 Å². The van der Waals surface area contributed by atoms with Crippen molar-refractivity contribution in [1.29, 1.82) is 0 Å². The van der Waals surface area contributed by atoms with Gasteiger partial charge in [-0.3, -0.25) is 4.79 Å². The van der Waals surface area contributed by atoms with Crippen molar-refractivity contribution in [3.05, 3.63) is 12.7 Å². The predicted octanol–water partition coefficient (Wildman–Crippen LogP) is 1.17. The van der Waals surface area contributed by atoms with E-state index in [-0.39, 0.29) is 0 Å². The molecule has 1 aliphatic rings. The van der Waals surface area contributed by atoms with E-state index in [0.29, 0.717) is 25.9 Å². The molecule has 0 amide bonds. The van der Waals surface area contributed by atoms with Crippen LogP contribution >= 0.6 is 0 Å². The monoisotopic (exact) mass is 286 g/mol. The number of carbonyl (C=O) groups is 2. The summed E-state index contributed by atoms with van der Waals surface area (Å²) in [5.41, 5.74) is 0. The first-order valence-electron chi connectivity index (χ1n) is 6.79. The minimum Gasteiger partial charge on any atom is -0.459 e. The van der Waals surface area contributed by atoms with E-state index in [9.17, 15) is 14.7 Å². The van der Waals surface area contributed by atoms with Gasteiger partial charge in [-0.15, -0.1) is 0 Å². The van der Waals surface area contributed by atoms with Gasteiger partial charge < -0.3 is 19.3 Å². The fraction of sp³-hybridized carbons (Fsp3) is 0.714. The average molecular weight is 286 g/mol. The second-order valence-corrected chi connectivity index (χ2v) is 4.78. The lowest BCUT2D eigenvalue weighted by atomic mass is 9.85. The molecular weight excluding hydrogens is 264 g/mol. The van der Waals surface area contributed by atoms with Crippen molar-refractivity contribution in [2.75, 3.05) is 6.61 Å². The summed E-state index contributed by atoms with van der Waals surface area (Å²) in [6.45, 7) is 7.20. The summed E-state index contributed by atoms with van der Waals surface area (Å²) in [4.78, 5) is 23.1. The number of hydrogen-bond acceptors (Lipinski definition) is 6. The third-order valence-electron chi connectivity index (χ3n) is 3.11. The molecule has 4 atom stereocenters. The molecule has 4 unspecified atom stereocenters. The van der Waals surface area contributed by atoms with Crippen molar-refractivity contribution < 1.29 is 28.9 Å². The van der Waals surface area contributed by atoms with Crippen LogP contribution in [0.5, 0.6) is 0 Å². The number of aliphatic hydroxyl groups excluding tert-OH is 1. The second-order valence-electron chi connectivity index (χ2n) is 4.78. The largest absolute Gasteiger partial charge is 0.459 e. The predicted molar refractivity (Wildman–Crippen MR) is 70.6 cm³/mol. The minimum absolute atomic E-state index is 0.305. The van der Waals surface area contributed by atoms with Crippen LogP contribution < -0.4 is 0 Å². The van der Waals surface area contributed by atoms with Crippen molar-refractivity contribution in [2.45, 2.75) is 51.6 Å². The van der Waals surface area contributed by atoms with E-state index in [2.05, 4.69) is 6.58 Å². The van der Waals surface area contributed by atoms with Crippen molar-refractivity contribution in [2.24, 2.45) is 5.92 Å². The van der Waals surface area contributed by atoms with Gasteiger partial charge in [0.25, 0.3) is 0 Å². The van der Waals surface area contributed by atoms with Gasteiger partial charge in [0.15, 0.2) is 6.29 Å². The molecule has 0 aromatic carbocycles. The number of aliphatic hydroxyl groups is 1. The van der Waals surface area contributed by atoms with Gasteiger partial charge in [0.1, 0.15) is 6.10 Å². The highest BCUT2D eigenvalue weighted by Gasteiger charge is 2.35. The van der Waals surface area contributed by atoms with E-state index < -0.39 is 36.4 Å². The Balaban J connectivity index is 2.54. The molecule has 114 valence electrons. The van der Waals surface area contributed by atoms with Gasteiger partial charge >= 0.3 is 11.9 Å². The molecular formula is C14H22O6.